The maximum absolute atomic E-state index is 5.92. The zero-order valence-corrected chi connectivity index (χ0v) is 12.9. The minimum atomic E-state index is -2.46. The molecule has 1 fully saturated rings. The molecule has 0 amide bonds. The molecule has 0 N–H and O–H groups in total. The van der Waals surface area contributed by atoms with E-state index < -0.39 is 8.80 Å². The van der Waals surface area contributed by atoms with E-state index in [-0.39, 0.29) is 6.10 Å². The Morgan fingerprint density at radius 1 is 1.28 bits per heavy atom. The van der Waals surface area contributed by atoms with Gasteiger partial charge in [0, 0.05) is 32.5 Å². The van der Waals surface area contributed by atoms with Crippen LogP contribution in [0.4, 0.5) is 0 Å². The molecule has 0 aliphatic carbocycles. The van der Waals surface area contributed by atoms with Gasteiger partial charge in [0.05, 0.1) is 13.2 Å². The van der Waals surface area contributed by atoms with E-state index in [0.29, 0.717) is 32.5 Å². The molecule has 1 heterocycles. The zero-order chi connectivity index (χ0) is 13.4. The lowest BCUT2D eigenvalue weighted by Crippen LogP contribution is -2.45. The normalized spacial score (nSPS) is 21.0. The quantitative estimate of drug-likeness (QED) is 0.328. The molecule has 0 aromatic rings. The summed E-state index contributed by atoms with van der Waals surface area (Å²) in [5.74, 6) is 0. The van der Waals surface area contributed by atoms with Gasteiger partial charge in [-0.2, -0.15) is 0 Å². The molecular weight excluding hydrogens is 252 g/mol. The Morgan fingerprint density at radius 3 is 2.39 bits per heavy atom. The Morgan fingerprint density at radius 2 is 1.89 bits per heavy atom. The summed E-state index contributed by atoms with van der Waals surface area (Å²) in [6, 6.07) is 0. The van der Waals surface area contributed by atoms with Crippen LogP contribution in [0.25, 0.3) is 0 Å². The van der Waals surface area contributed by atoms with Crippen LogP contribution in [0.15, 0.2) is 0 Å². The van der Waals surface area contributed by atoms with E-state index in [0.717, 1.165) is 13.0 Å². The summed E-state index contributed by atoms with van der Waals surface area (Å²) >= 11 is 0. The van der Waals surface area contributed by atoms with Crippen LogP contribution in [0.3, 0.4) is 0 Å². The number of ether oxygens (including phenoxy) is 2. The summed E-state index contributed by atoms with van der Waals surface area (Å²) in [4.78, 5) is 0. The molecule has 1 saturated heterocycles. The van der Waals surface area contributed by atoms with Crippen LogP contribution in [0, 0.1) is 0 Å². The first-order chi connectivity index (χ1) is 8.59. The fraction of sp³-hybridized carbons (Fsp3) is 1.00. The van der Waals surface area contributed by atoms with Crippen LogP contribution >= 0.6 is 0 Å². The fourth-order valence-corrected chi connectivity index (χ4v) is 3.80. The number of hydrogen-bond acceptors (Lipinski definition) is 5. The third-order valence-electron chi connectivity index (χ3n) is 2.60. The topological polar surface area (TPSA) is 49.5 Å². The molecule has 1 aliphatic rings. The van der Waals surface area contributed by atoms with Crippen molar-refractivity contribution in [3.63, 3.8) is 0 Å². The monoisotopic (exact) mass is 278 g/mol. The van der Waals surface area contributed by atoms with Crippen LogP contribution in [0.5, 0.6) is 0 Å². The van der Waals surface area contributed by atoms with Gasteiger partial charge in [-0.25, -0.2) is 0 Å². The largest absolute Gasteiger partial charge is 0.497 e. The van der Waals surface area contributed by atoms with Gasteiger partial charge in [-0.05, 0) is 27.2 Å². The zero-order valence-electron chi connectivity index (χ0n) is 11.9. The van der Waals surface area contributed by atoms with Gasteiger partial charge in [-0.15, -0.1) is 0 Å². The van der Waals surface area contributed by atoms with Crippen molar-refractivity contribution >= 4 is 8.80 Å². The van der Waals surface area contributed by atoms with E-state index >= 15 is 0 Å². The van der Waals surface area contributed by atoms with E-state index in [9.17, 15) is 0 Å². The highest BCUT2D eigenvalue weighted by atomic mass is 28.4. The molecule has 0 bridgehead atoms. The van der Waals surface area contributed by atoms with E-state index in [1.807, 2.05) is 27.3 Å². The minimum absolute atomic E-state index is 0.0832. The predicted octanol–water partition coefficient (Wildman–Crippen LogP) is 1.84. The van der Waals surface area contributed by atoms with Crippen LogP contribution in [-0.2, 0) is 22.8 Å². The molecule has 2 unspecified atom stereocenters. The highest BCUT2D eigenvalue weighted by molar-refractivity contribution is 6.59. The summed E-state index contributed by atoms with van der Waals surface area (Å²) in [6.07, 6.45) is 1.25. The van der Waals surface area contributed by atoms with Crippen molar-refractivity contribution in [2.45, 2.75) is 45.9 Å². The number of rotatable bonds is 11. The van der Waals surface area contributed by atoms with Gasteiger partial charge < -0.3 is 22.8 Å². The van der Waals surface area contributed by atoms with Crippen molar-refractivity contribution in [2.24, 2.45) is 0 Å². The van der Waals surface area contributed by atoms with Crippen LogP contribution in [0.2, 0.25) is 6.55 Å². The second-order valence-electron chi connectivity index (χ2n) is 4.48. The summed E-state index contributed by atoms with van der Waals surface area (Å²) in [5, 5.41) is 0. The Bertz CT molecular complexity index is 217. The van der Waals surface area contributed by atoms with Gasteiger partial charge in [0.25, 0.3) is 0 Å². The first-order valence-electron chi connectivity index (χ1n) is 6.74. The molecule has 0 aromatic heterocycles. The Balaban J connectivity index is 2.15. The van der Waals surface area contributed by atoms with E-state index in [4.69, 9.17) is 22.8 Å². The predicted molar refractivity (Wildman–Crippen MR) is 70.6 cm³/mol. The number of epoxide rings is 1. The third kappa shape index (κ3) is 6.82. The smallest absolute Gasteiger partial charge is 0.379 e. The fourth-order valence-electron chi connectivity index (χ4n) is 1.69. The SMILES string of the molecule is CCO[Si](C)(OCC)OC(C)CCOCC1CO1. The molecule has 0 saturated carbocycles. The van der Waals surface area contributed by atoms with Gasteiger partial charge in [0.15, 0.2) is 0 Å². The molecule has 0 spiro atoms. The van der Waals surface area contributed by atoms with Crippen LogP contribution < -0.4 is 0 Å². The average Bonchev–Trinajstić information content (AvgIpc) is 3.08. The van der Waals surface area contributed by atoms with E-state index in [2.05, 4.69) is 0 Å². The lowest BCUT2D eigenvalue weighted by Gasteiger charge is -2.28. The lowest BCUT2D eigenvalue weighted by atomic mass is 10.3. The van der Waals surface area contributed by atoms with Crippen molar-refractivity contribution in [3.05, 3.63) is 0 Å². The first-order valence-corrected chi connectivity index (χ1v) is 8.97. The minimum Gasteiger partial charge on any atom is -0.379 e. The van der Waals surface area contributed by atoms with Gasteiger partial charge in [-0.3, -0.25) is 0 Å². The Kier molecular flexibility index (Phi) is 7.36. The Hall–Kier alpha value is 0.0169. The average molecular weight is 278 g/mol. The highest BCUT2D eigenvalue weighted by Gasteiger charge is 2.35. The molecular formula is C12H26O5Si. The first kappa shape index (κ1) is 16.1. The highest BCUT2D eigenvalue weighted by Crippen LogP contribution is 2.14. The van der Waals surface area contributed by atoms with Crippen molar-refractivity contribution in [1.82, 2.24) is 0 Å². The van der Waals surface area contributed by atoms with Crippen LogP contribution in [-0.4, -0.2) is 54.0 Å². The second-order valence-corrected chi connectivity index (χ2v) is 7.01. The van der Waals surface area contributed by atoms with Gasteiger partial charge in [-0.1, -0.05) is 0 Å². The van der Waals surface area contributed by atoms with Crippen LogP contribution in [0.1, 0.15) is 27.2 Å². The van der Waals surface area contributed by atoms with Crippen molar-refractivity contribution in [3.8, 4) is 0 Å². The molecule has 2 atom stereocenters. The molecule has 1 rings (SSSR count). The van der Waals surface area contributed by atoms with Crippen molar-refractivity contribution in [2.75, 3.05) is 33.0 Å². The van der Waals surface area contributed by atoms with Crippen molar-refractivity contribution in [1.29, 1.82) is 0 Å². The van der Waals surface area contributed by atoms with Gasteiger partial charge >= 0.3 is 8.80 Å². The molecule has 0 aromatic carbocycles. The van der Waals surface area contributed by atoms with Gasteiger partial charge in [0.2, 0.25) is 0 Å². The third-order valence-corrected chi connectivity index (χ3v) is 5.06. The molecule has 1 aliphatic heterocycles. The maximum atomic E-state index is 5.92. The summed E-state index contributed by atoms with van der Waals surface area (Å²) < 4.78 is 27.7. The molecule has 6 heteroatoms. The maximum Gasteiger partial charge on any atom is 0.497 e. The van der Waals surface area contributed by atoms with E-state index in [1.165, 1.54) is 0 Å². The summed E-state index contributed by atoms with van der Waals surface area (Å²) in [6.45, 7) is 11.3. The van der Waals surface area contributed by atoms with E-state index in [1.54, 1.807) is 0 Å². The van der Waals surface area contributed by atoms with Gasteiger partial charge in [0.1, 0.15) is 6.10 Å². The van der Waals surface area contributed by atoms with Crippen molar-refractivity contribution < 1.29 is 22.8 Å². The molecule has 108 valence electrons. The summed E-state index contributed by atoms with van der Waals surface area (Å²) in [5.41, 5.74) is 0. The number of hydrogen-bond donors (Lipinski definition) is 0. The molecule has 5 nitrogen and oxygen atoms in total. The Labute approximate surface area is 111 Å². The molecule has 0 radical (unpaired) electrons. The summed E-state index contributed by atoms with van der Waals surface area (Å²) in [7, 11) is -2.46. The lowest BCUT2D eigenvalue weighted by molar-refractivity contribution is 0.0251. The second kappa shape index (κ2) is 8.24. The standard InChI is InChI=1S/C12H26O5Si/c1-5-15-18(4,16-6-2)17-11(3)7-8-13-9-12-10-14-12/h11-12H,5-10H2,1-4H3. The molecule has 18 heavy (non-hydrogen) atoms.